The largest absolute Gasteiger partial charge is 0.302 e. The van der Waals surface area contributed by atoms with E-state index in [1.807, 2.05) is 18.2 Å². The molecule has 15 heavy (non-hydrogen) atoms. The molecule has 0 spiro atoms. The summed E-state index contributed by atoms with van der Waals surface area (Å²) in [4.78, 5) is 17.4. The molecule has 0 aromatic carbocycles. The number of rotatable bonds is 3. The smallest absolute Gasteiger partial charge is 0.137 e. The minimum atomic E-state index is 0.0979. The van der Waals surface area contributed by atoms with Crippen molar-refractivity contribution in [2.24, 2.45) is 0 Å². The number of pyridine rings is 1. The summed E-state index contributed by atoms with van der Waals surface area (Å²) in [6.45, 7) is 1.81. The number of hydrogen-bond acceptors (Lipinski definition) is 3. The molecule has 0 N–H and O–H groups in total. The second kappa shape index (κ2) is 5.03. The zero-order chi connectivity index (χ0) is 10.5. The predicted molar refractivity (Wildman–Crippen MR) is 58.4 cm³/mol. The van der Waals surface area contributed by atoms with Gasteiger partial charge in [-0.25, -0.2) is 0 Å². The van der Waals surface area contributed by atoms with Crippen molar-refractivity contribution in [2.45, 2.75) is 31.8 Å². The van der Waals surface area contributed by atoms with Crippen molar-refractivity contribution < 1.29 is 4.79 Å². The Morgan fingerprint density at radius 3 is 3.13 bits per heavy atom. The molecule has 1 aromatic rings. The number of aldehydes is 1. The van der Waals surface area contributed by atoms with Gasteiger partial charge >= 0.3 is 0 Å². The van der Waals surface area contributed by atoms with Crippen molar-refractivity contribution in [1.82, 2.24) is 9.88 Å². The first-order valence-corrected chi connectivity index (χ1v) is 5.49. The molecule has 0 bridgehead atoms. The van der Waals surface area contributed by atoms with E-state index in [0.717, 1.165) is 31.5 Å². The lowest BCUT2D eigenvalue weighted by atomic mass is 10.0. The Morgan fingerprint density at radius 1 is 1.47 bits per heavy atom. The summed E-state index contributed by atoms with van der Waals surface area (Å²) in [6, 6.07) is 6.01. The molecule has 3 heteroatoms. The van der Waals surface area contributed by atoms with Crippen LogP contribution in [-0.4, -0.2) is 28.8 Å². The van der Waals surface area contributed by atoms with E-state index in [2.05, 4.69) is 9.88 Å². The number of hydrogen-bond donors (Lipinski definition) is 0. The van der Waals surface area contributed by atoms with Gasteiger partial charge in [-0.3, -0.25) is 9.88 Å². The van der Waals surface area contributed by atoms with Gasteiger partial charge in [-0.15, -0.1) is 0 Å². The van der Waals surface area contributed by atoms with Gasteiger partial charge in [0.2, 0.25) is 0 Å². The third-order valence-electron chi connectivity index (χ3n) is 2.91. The normalized spacial score (nSPS) is 22.5. The van der Waals surface area contributed by atoms with Gasteiger partial charge in [-0.2, -0.15) is 0 Å². The van der Waals surface area contributed by atoms with Gasteiger partial charge in [0.1, 0.15) is 6.29 Å². The summed E-state index contributed by atoms with van der Waals surface area (Å²) < 4.78 is 0. The van der Waals surface area contributed by atoms with Gasteiger partial charge in [0.15, 0.2) is 0 Å². The molecule has 80 valence electrons. The summed E-state index contributed by atoms with van der Waals surface area (Å²) in [5.74, 6) is 0. The molecule has 2 heterocycles. The Kier molecular flexibility index (Phi) is 3.45. The summed E-state index contributed by atoms with van der Waals surface area (Å²) in [5, 5.41) is 0. The molecular formula is C12H16N2O. The van der Waals surface area contributed by atoms with E-state index in [4.69, 9.17) is 0 Å². The summed E-state index contributed by atoms with van der Waals surface area (Å²) in [7, 11) is 0. The molecule has 1 aromatic heterocycles. The fourth-order valence-electron chi connectivity index (χ4n) is 2.07. The third kappa shape index (κ3) is 2.63. The van der Waals surface area contributed by atoms with Crippen LogP contribution in [0.15, 0.2) is 24.4 Å². The van der Waals surface area contributed by atoms with Crippen LogP contribution in [0.3, 0.4) is 0 Å². The highest BCUT2D eigenvalue weighted by Gasteiger charge is 2.21. The van der Waals surface area contributed by atoms with Crippen molar-refractivity contribution >= 4 is 6.29 Å². The predicted octanol–water partition coefficient (Wildman–Crippen LogP) is 1.64. The molecule has 1 fully saturated rings. The van der Waals surface area contributed by atoms with Gasteiger partial charge in [-0.1, -0.05) is 12.5 Å². The molecule has 0 radical (unpaired) electrons. The van der Waals surface area contributed by atoms with Gasteiger partial charge in [0.25, 0.3) is 0 Å². The quantitative estimate of drug-likeness (QED) is 0.702. The van der Waals surface area contributed by atoms with Crippen LogP contribution in [0.5, 0.6) is 0 Å². The molecule has 2 rings (SSSR count). The molecule has 1 aliphatic heterocycles. The summed E-state index contributed by atoms with van der Waals surface area (Å²) in [5.41, 5.74) is 1.05. The van der Waals surface area contributed by atoms with Gasteiger partial charge < -0.3 is 4.79 Å². The number of likely N-dealkylation sites (tertiary alicyclic amines) is 1. The highest BCUT2D eigenvalue weighted by Crippen LogP contribution is 2.17. The van der Waals surface area contributed by atoms with E-state index in [9.17, 15) is 4.79 Å². The number of carbonyl (C=O) groups excluding carboxylic acids is 1. The number of piperidine rings is 1. The first kappa shape index (κ1) is 10.3. The first-order valence-electron chi connectivity index (χ1n) is 5.49. The van der Waals surface area contributed by atoms with E-state index in [1.165, 1.54) is 12.8 Å². The van der Waals surface area contributed by atoms with E-state index in [1.54, 1.807) is 6.20 Å². The molecule has 1 aliphatic rings. The van der Waals surface area contributed by atoms with Crippen molar-refractivity contribution in [2.75, 3.05) is 6.54 Å². The lowest BCUT2D eigenvalue weighted by Gasteiger charge is -2.31. The third-order valence-corrected chi connectivity index (χ3v) is 2.91. The lowest BCUT2D eigenvalue weighted by Crippen LogP contribution is -2.40. The molecular weight excluding hydrogens is 188 g/mol. The lowest BCUT2D eigenvalue weighted by molar-refractivity contribution is -0.113. The van der Waals surface area contributed by atoms with E-state index < -0.39 is 0 Å². The van der Waals surface area contributed by atoms with E-state index >= 15 is 0 Å². The van der Waals surface area contributed by atoms with Crippen LogP contribution in [0.4, 0.5) is 0 Å². The van der Waals surface area contributed by atoms with Crippen molar-refractivity contribution in [1.29, 1.82) is 0 Å². The topological polar surface area (TPSA) is 33.2 Å². The zero-order valence-electron chi connectivity index (χ0n) is 8.80. The van der Waals surface area contributed by atoms with Gasteiger partial charge in [0.05, 0.1) is 11.7 Å². The standard InChI is InChI=1S/C12H16N2O/c15-10-12-6-2-4-8-14(12)9-11-5-1-3-7-13-11/h1,3,5,7,10,12H,2,4,6,8-9H2. The highest BCUT2D eigenvalue weighted by atomic mass is 16.1. The zero-order valence-corrected chi connectivity index (χ0v) is 8.80. The van der Waals surface area contributed by atoms with Crippen LogP contribution < -0.4 is 0 Å². The monoisotopic (exact) mass is 204 g/mol. The van der Waals surface area contributed by atoms with Gasteiger partial charge in [-0.05, 0) is 31.5 Å². The molecule has 0 aliphatic carbocycles. The maximum atomic E-state index is 10.9. The summed E-state index contributed by atoms with van der Waals surface area (Å²) in [6.07, 6.45) is 6.23. The Hall–Kier alpha value is -1.22. The molecule has 0 saturated carbocycles. The van der Waals surface area contributed by atoms with E-state index in [0.29, 0.717) is 0 Å². The maximum Gasteiger partial charge on any atom is 0.137 e. The van der Waals surface area contributed by atoms with Crippen molar-refractivity contribution in [3.05, 3.63) is 30.1 Å². The maximum absolute atomic E-state index is 10.9. The minimum absolute atomic E-state index is 0.0979. The van der Waals surface area contributed by atoms with Crippen LogP contribution in [0.2, 0.25) is 0 Å². The molecule has 1 saturated heterocycles. The van der Waals surface area contributed by atoms with Crippen LogP contribution in [-0.2, 0) is 11.3 Å². The van der Waals surface area contributed by atoms with Crippen molar-refractivity contribution in [3.8, 4) is 0 Å². The Labute approximate surface area is 90.1 Å². The van der Waals surface area contributed by atoms with Gasteiger partial charge in [0, 0.05) is 12.7 Å². The fourth-order valence-corrected chi connectivity index (χ4v) is 2.07. The average Bonchev–Trinajstić information content (AvgIpc) is 2.31. The van der Waals surface area contributed by atoms with Crippen molar-refractivity contribution in [3.63, 3.8) is 0 Å². The molecule has 1 atom stereocenters. The van der Waals surface area contributed by atoms with Crippen LogP contribution >= 0.6 is 0 Å². The number of carbonyl (C=O) groups is 1. The molecule has 3 nitrogen and oxygen atoms in total. The SMILES string of the molecule is O=CC1CCCCN1Cc1ccccn1. The highest BCUT2D eigenvalue weighted by molar-refractivity contribution is 5.57. The molecule has 1 unspecified atom stereocenters. The number of nitrogens with zero attached hydrogens (tertiary/aromatic N) is 2. The molecule has 0 amide bonds. The second-order valence-electron chi connectivity index (χ2n) is 3.99. The Bertz CT molecular complexity index is 313. The van der Waals surface area contributed by atoms with Crippen LogP contribution in [0, 0.1) is 0 Å². The summed E-state index contributed by atoms with van der Waals surface area (Å²) >= 11 is 0. The number of aromatic nitrogens is 1. The second-order valence-corrected chi connectivity index (χ2v) is 3.99. The average molecular weight is 204 g/mol. The van der Waals surface area contributed by atoms with E-state index in [-0.39, 0.29) is 6.04 Å². The van der Waals surface area contributed by atoms with Crippen LogP contribution in [0.25, 0.3) is 0 Å². The minimum Gasteiger partial charge on any atom is -0.302 e. The Morgan fingerprint density at radius 2 is 2.40 bits per heavy atom. The Balaban J connectivity index is 2.00. The van der Waals surface area contributed by atoms with Crippen LogP contribution in [0.1, 0.15) is 25.0 Å². The fraction of sp³-hybridized carbons (Fsp3) is 0.500. The first-order chi connectivity index (χ1) is 7.40.